The molecule has 2 aromatic carbocycles. The number of aryl methyl sites for hydroxylation is 3. The van der Waals surface area contributed by atoms with Crippen molar-refractivity contribution < 1.29 is 8.42 Å². The second-order valence-corrected chi connectivity index (χ2v) is 7.40. The minimum Gasteiger partial charge on any atom is -0.279 e. The predicted octanol–water partition coefficient (Wildman–Crippen LogP) is 3.50. The van der Waals surface area contributed by atoms with E-state index in [0.29, 0.717) is 11.4 Å². The number of nitrogens with one attached hydrogen (secondary N) is 1. The molecule has 6 heteroatoms. The van der Waals surface area contributed by atoms with Crippen LogP contribution in [-0.2, 0) is 17.1 Å². The van der Waals surface area contributed by atoms with Crippen LogP contribution < -0.4 is 4.72 Å². The van der Waals surface area contributed by atoms with Crippen molar-refractivity contribution in [2.24, 2.45) is 7.05 Å². The summed E-state index contributed by atoms with van der Waals surface area (Å²) in [4.78, 5) is 0.166. The topological polar surface area (TPSA) is 64.0 Å². The quantitative estimate of drug-likeness (QED) is 0.790. The summed E-state index contributed by atoms with van der Waals surface area (Å²) < 4.78 is 30.1. The van der Waals surface area contributed by atoms with Crippen molar-refractivity contribution in [3.63, 3.8) is 0 Å². The first-order valence-electron chi connectivity index (χ1n) is 7.56. The summed E-state index contributed by atoms with van der Waals surface area (Å²) in [6.45, 7) is 3.76. The van der Waals surface area contributed by atoms with Gasteiger partial charge in [-0.3, -0.25) is 9.40 Å². The lowest BCUT2D eigenvalue weighted by molar-refractivity contribution is 0.601. The molecule has 1 aromatic heterocycles. The van der Waals surface area contributed by atoms with Crippen LogP contribution in [0.15, 0.2) is 59.6 Å². The second kappa shape index (κ2) is 6.13. The van der Waals surface area contributed by atoms with E-state index in [4.69, 9.17) is 0 Å². The lowest BCUT2D eigenvalue weighted by atomic mass is 10.1. The van der Waals surface area contributed by atoms with Gasteiger partial charge in [-0.25, -0.2) is 8.42 Å². The smallest absolute Gasteiger partial charge is 0.265 e. The van der Waals surface area contributed by atoms with E-state index in [1.54, 1.807) is 7.05 Å². The van der Waals surface area contributed by atoms with E-state index < -0.39 is 10.0 Å². The Balaban J connectivity index is 2.09. The average molecular weight is 341 g/mol. The fraction of sp³-hybridized carbons (Fsp3) is 0.167. The molecule has 0 saturated heterocycles. The zero-order valence-electron chi connectivity index (χ0n) is 13.8. The van der Waals surface area contributed by atoms with Gasteiger partial charge >= 0.3 is 0 Å². The SMILES string of the molecule is Cc1cccc(C)c1NS(=O)(=O)c1cn(C)nc1-c1ccccc1. The summed E-state index contributed by atoms with van der Waals surface area (Å²) in [6.07, 6.45) is 1.53. The van der Waals surface area contributed by atoms with Crippen LogP contribution in [0.2, 0.25) is 0 Å². The maximum absolute atomic E-state index is 12.9. The molecule has 124 valence electrons. The first-order chi connectivity index (χ1) is 11.4. The van der Waals surface area contributed by atoms with E-state index in [-0.39, 0.29) is 4.90 Å². The van der Waals surface area contributed by atoms with Gasteiger partial charge < -0.3 is 0 Å². The molecule has 3 rings (SSSR count). The van der Waals surface area contributed by atoms with E-state index in [2.05, 4.69) is 9.82 Å². The van der Waals surface area contributed by atoms with Crippen LogP contribution in [-0.4, -0.2) is 18.2 Å². The van der Waals surface area contributed by atoms with Crippen LogP contribution in [0.1, 0.15) is 11.1 Å². The highest BCUT2D eigenvalue weighted by atomic mass is 32.2. The van der Waals surface area contributed by atoms with Gasteiger partial charge in [0.15, 0.2) is 0 Å². The van der Waals surface area contributed by atoms with Crippen molar-refractivity contribution in [3.8, 4) is 11.3 Å². The predicted molar refractivity (Wildman–Crippen MR) is 95.4 cm³/mol. The average Bonchev–Trinajstić information content (AvgIpc) is 2.95. The first kappa shape index (κ1) is 16.3. The number of nitrogens with zero attached hydrogens (tertiary/aromatic N) is 2. The molecule has 0 radical (unpaired) electrons. The standard InChI is InChI=1S/C18H19N3O2S/c1-13-8-7-9-14(2)17(13)20-24(22,23)16-12-21(3)19-18(16)15-10-5-4-6-11-15/h4-12,20H,1-3H3. The molecular weight excluding hydrogens is 322 g/mol. The normalized spacial score (nSPS) is 11.5. The Kier molecular flexibility index (Phi) is 4.15. The first-order valence-corrected chi connectivity index (χ1v) is 9.05. The van der Waals surface area contributed by atoms with E-state index in [1.807, 2.05) is 62.4 Å². The van der Waals surface area contributed by atoms with Crippen molar-refractivity contribution in [1.82, 2.24) is 9.78 Å². The van der Waals surface area contributed by atoms with E-state index >= 15 is 0 Å². The van der Waals surface area contributed by atoms with Gasteiger partial charge in [-0.2, -0.15) is 5.10 Å². The van der Waals surface area contributed by atoms with Crippen LogP contribution in [0.3, 0.4) is 0 Å². The number of anilines is 1. The number of aromatic nitrogens is 2. The van der Waals surface area contributed by atoms with Crippen LogP contribution in [0.5, 0.6) is 0 Å². The largest absolute Gasteiger partial charge is 0.279 e. The molecule has 5 nitrogen and oxygen atoms in total. The summed E-state index contributed by atoms with van der Waals surface area (Å²) in [5.41, 5.74) is 3.57. The third kappa shape index (κ3) is 3.05. The van der Waals surface area contributed by atoms with E-state index in [0.717, 1.165) is 16.7 Å². The van der Waals surface area contributed by atoms with Crippen LogP contribution >= 0.6 is 0 Å². The molecule has 0 aliphatic heterocycles. The Morgan fingerprint density at radius 2 is 1.58 bits per heavy atom. The molecule has 0 atom stereocenters. The fourth-order valence-electron chi connectivity index (χ4n) is 2.62. The Bertz CT molecular complexity index is 957. The molecule has 0 fully saturated rings. The molecule has 0 amide bonds. The number of sulfonamides is 1. The van der Waals surface area contributed by atoms with Gasteiger partial charge in [0.1, 0.15) is 10.6 Å². The maximum atomic E-state index is 12.9. The van der Waals surface area contributed by atoms with E-state index in [1.165, 1.54) is 10.9 Å². The molecule has 1 N–H and O–H groups in total. The lowest BCUT2D eigenvalue weighted by Crippen LogP contribution is -2.15. The summed E-state index contributed by atoms with van der Waals surface area (Å²) >= 11 is 0. The highest BCUT2D eigenvalue weighted by molar-refractivity contribution is 7.92. The van der Waals surface area contributed by atoms with Gasteiger partial charge in [0.2, 0.25) is 0 Å². The Morgan fingerprint density at radius 1 is 0.958 bits per heavy atom. The molecule has 0 spiro atoms. The Morgan fingerprint density at radius 3 is 2.21 bits per heavy atom. The Hall–Kier alpha value is -2.60. The molecule has 1 heterocycles. The Labute approximate surface area is 142 Å². The highest BCUT2D eigenvalue weighted by Crippen LogP contribution is 2.29. The van der Waals surface area contributed by atoms with Crippen LogP contribution in [0.4, 0.5) is 5.69 Å². The van der Waals surface area contributed by atoms with E-state index in [9.17, 15) is 8.42 Å². The van der Waals surface area contributed by atoms with Crippen molar-refractivity contribution in [2.75, 3.05) is 4.72 Å². The van der Waals surface area contributed by atoms with Crippen molar-refractivity contribution in [3.05, 3.63) is 65.9 Å². The minimum atomic E-state index is -3.75. The molecule has 0 bridgehead atoms. The van der Waals surface area contributed by atoms with Crippen LogP contribution in [0.25, 0.3) is 11.3 Å². The fourth-order valence-corrected chi connectivity index (χ4v) is 4.03. The number of hydrogen-bond acceptors (Lipinski definition) is 3. The molecule has 0 aliphatic rings. The summed E-state index contributed by atoms with van der Waals surface area (Å²) in [7, 11) is -2.04. The monoisotopic (exact) mass is 341 g/mol. The third-order valence-corrected chi connectivity index (χ3v) is 5.20. The van der Waals surface area contributed by atoms with Gasteiger partial charge in [-0.05, 0) is 25.0 Å². The summed E-state index contributed by atoms with van der Waals surface area (Å²) in [6, 6.07) is 15.0. The van der Waals surface area contributed by atoms with Crippen molar-refractivity contribution >= 4 is 15.7 Å². The molecule has 24 heavy (non-hydrogen) atoms. The third-order valence-electron chi connectivity index (χ3n) is 3.85. The summed E-state index contributed by atoms with van der Waals surface area (Å²) in [5, 5.41) is 4.33. The molecule has 0 aliphatic carbocycles. The number of para-hydroxylation sites is 1. The highest BCUT2D eigenvalue weighted by Gasteiger charge is 2.24. The van der Waals surface area contributed by atoms with Gasteiger partial charge in [-0.1, -0.05) is 48.5 Å². The minimum absolute atomic E-state index is 0.166. The van der Waals surface area contributed by atoms with Crippen molar-refractivity contribution in [1.29, 1.82) is 0 Å². The molecular formula is C18H19N3O2S. The van der Waals surface area contributed by atoms with Gasteiger partial charge in [0.05, 0.1) is 5.69 Å². The zero-order chi connectivity index (χ0) is 17.3. The van der Waals surface area contributed by atoms with Crippen molar-refractivity contribution in [2.45, 2.75) is 18.7 Å². The molecule has 0 saturated carbocycles. The number of hydrogen-bond donors (Lipinski definition) is 1. The number of rotatable bonds is 4. The summed E-state index contributed by atoms with van der Waals surface area (Å²) in [5.74, 6) is 0. The molecule has 0 unspecified atom stereocenters. The van der Waals surface area contributed by atoms with Gasteiger partial charge in [0, 0.05) is 18.8 Å². The van der Waals surface area contributed by atoms with Crippen LogP contribution in [0, 0.1) is 13.8 Å². The van der Waals surface area contributed by atoms with Gasteiger partial charge in [0.25, 0.3) is 10.0 Å². The molecule has 3 aromatic rings. The number of benzene rings is 2. The van der Waals surface area contributed by atoms with Gasteiger partial charge in [-0.15, -0.1) is 0 Å². The zero-order valence-corrected chi connectivity index (χ0v) is 14.6. The maximum Gasteiger partial charge on any atom is 0.265 e. The second-order valence-electron chi connectivity index (χ2n) is 5.75. The lowest BCUT2D eigenvalue weighted by Gasteiger charge is -2.13.